The van der Waals surface area contributed by atoms with E-state index in [9.17, 15) is 10.1 Å². The summed E-state index contributed by atoms with van der Waals surface area (Å²) in [7, 11) is 0. The monoisotopic (exact) mass is 235 g/mol. The van der Waals surface area contributed by atoms with Crippen molar-refractivity contribution in [2.75, 3.05) is 12.4 Å². The van der Waals surface area contributed by atoms with Crippen LogP contribution >= 0.6 is 23.4 Å². The maximum absolute atomic E-state index is 10.6. The SMILES string of the molecule is O=[N+]([O-])c1c(Cl)ncnc1SCCO. The Labute approximate surface area is 88.5 Å². The van der Waals surface area contributed by atoms with Crippen LogP contribution in [0.15, 0.2) is 11.4 Å². The first kappa shape index (κ1) is 11.2. The molecule has 0 bridgehead atoms. The van der Waals surface area contributed by atoms with E-state index < -0.39 is 4.92 Å². The molecular formula is C6H6ClN3O3S. The first-order valence-electron chi connectivity index (χ1n) is 3.55. The lowest BCUT2D eigenvalue weighted by Gasteiger charge is -2.00. The fourth-order valence-electron chi connectivity index (χ4n) is 0.744. The van der Waals surface area contributed by atoms with Crippen LogP contribution in [0.4, 0.5) is 5.69 Å². The summed E-state index contributed by atoms with van der Waals surface area (Å²) in [6.45, 7) is -0.0799. The third-order valence-electron chi connectivity index (χ3n) is 1.26. The van der Waals surface area contributed by atoms with E-state index in [-0.39, 0.29) is 22.5 Å². The minimum absolute atomic E-state index is 0.0799. The molecule has 0 fully saturated rings. The summed E-state index contributed by atoms with van der Waals surface area (Å²) in [6, 6.07) is 0. The number of halogens is 1. The van der Waals surface area contributed by atoms with Gasteiger partial charge < -0.3 is 5.11 Å². The molecule has 1 rings (SSSR count). The van der Waals surface area contributed by atoms with Gasteiger partial charge in [-0.15, -0.1) is 0 Å². The molecule has 8 heteroatoms. The van der Waals surface area contributed by atoms with E-state index in [4.69, 9.17) is 16.7 Å². The lowest BCUT2D eigenvalue weighted by atomic mass is 10.5. The first-order chi connectivity index (χ1) is 6.66. The van der Waals surface area contributed by atoms with Crippen LogP contribution in [0, 0.1) is 10.1 Å². The molecule has 1 aromatic rings. The van der Waals surface area contributed by atoms with Crippen molar-refractivity contribution < 1.29 is 10.0 Å². The number of thioether (sulfide) groups is 1. The van der Waals surface area contributed by atoms with Crippen molar-refractivity contribution in [3.63, 3.8) is 0 Å². The Morgan fingerprint density at radius 2 is 2.36 bits per heavy atom. The average Bonchev–Trinajstić information content (AvgIpc) is 2.14. The Bertz CT molecular complexity index is 349. The molecule has 0 amide bonds. The fraction of sp³-hybridized carbons (Fsp3) is 0.333. The van der Waals surface area contributed by atoms with Gasteiger partial charge in [-0.3, -0.25) is 10.1 Å². The molecule has 0 atom stereocenters. The molecule has 1 heterocycles. The van der Waals surface area contributed by atoms with Crippen LogP contribution in [0.25, 0.3) is 0 Å². The van der Waals surface area contributed by atoms with Crippen LogP contribution in [0.3, 0.4) is 0 Å². The van der Waals surface area contributed by atoms with E-state index in [1.165, 1.54) is 0 Å². The van der Waals surface area contributed by atoms with Gasteiger partial charge in [-0.05, 0) is 0 Å². The van der Waals surface area contributed by atoms with Gasteiger partial charge >= 0.3 is 5.69 Å². The van der Waals surface area contributed by atoms with Gasteiger partial charge in [0.1, 0.15) is 6.33 Å². The summed E-state index contributed by atoms with van der Waals surface area (Å²) in [4.78, 5) is 17.2. The maximum Gasteiger partial charge on any atom is 0.338 e. The van der Waals surface area contributed by atoms with Crippen molar-refractivity contribution in [3.8, 4) is 0 Å². The molecule has 14 heavy (non-hydrogen) atoms. The molecule has 0 aliphatic heterocycles. The average molecular weight is 236 g/mol. The lowest BCUT2D eigenvalue weighted by molar-refractivity contribution is -0.388. The molecule has 1 N–H and O–H groups in total. The van der Waals surface area contributed by atoms with Crippen molar-refractivity contribution in [1.29, 1.82) is 0 Å². The molecule has 0 saturated heterocycles. The Balaban J connectivity index is 3.02. The quantitative estimate of drug-likeness (QED) is 0.364. The van der Waals surface area contributed by atoms with Gasteiger partial charge in [-0.25, -0.2) is 9.97 Å². The van der Waals surface area contributed by atoms with Crippen LogP contribution in [0.2, 0.25) is 5.15 Å². The van der Waals surface area contributed by atoms with Crippen LogP contribution in [0.1, 0.15) is 0 Å². The Hall–Kier alpha value is -0.920. The molecule has 76 valence electrons. The van der Waals surface area contributed by atoms with Crippen molar-refractivity contribution in [2.45, 2.75) is 5.03 Å². The van der Waals surface area contributed by atoms with Gasteiger partial charge in [-0.1, -0.05) is 23.4 Å². The van der Waals surface area contributed by atoms with Crippen LogP contribution < -0.4 is 0 Å². The number of aliphatic hydroxyl groups is 1. The van der Waals surface area contributed by atoms with Gasteiger partial charge in [-0.2, -0.15) is 0 Å². The zero-order valence-corrected chi connectivity index (χ0v) is 8.46. The number of nitro groups is 1. The Morgan fingerprint density at radius 1 is 1.64 bits per heavy atom. The minimum Gasteiger partial charge on any atom is -0.396 e. The normalized spacial score (nSPS) is 10.1. The predicted molar refractivity (Wildman–Crippen MR) is 51.5 cm³/mol. The Kier molecular flexibility index (Phi) is 4.05. The number of rotatable bonds is 4. The second-order valence-corrected chi connectivity index (χ2v) is 3.59. The summed E-state index contributed by atoms with van der Waals surface area (Å²) in [5.74, 6) is 0.328. The van der Waals surface area contributed by atoms with Crippen LogP contribution in [0.5, 0.6) is 0 Å². The highest BCUT2D eigenvalue weighted by molar-refractivity contribution is 7.99. The molecule has 0 unspecified atom stereocenters. The van der Waals surface area contributed by atoms with Gasteiger partial charge in [0.15, 0.2) is 5.03 Å². The first-order valence-corrected chi connectivity index (χ1v) is 4.91. The van der Waals surface area contributed by atoms with E-state index in [0.29, 0.717) is 5.75 Å². The van der Waals surface area contributed by atoms with Crippen molar-refractivity contribution in [2.24, 2.45) is 0 Å². The topological polar surface area (TPSA) is 89.2 Å². The van der Waals surface area contributed by atoms with Gasteiger partial charge in [0.2, 0.25) is 5.15 Å². The largest absolute Gasteiger partial charge is 0.396 e. The molecule has 0 aliphatic rings. The Morgan fingerprint density at radius 3 is 2.93 bits per heavy atom. The highest BCUT2D eigenvalue weighted by Gasteiger charge is 2.21. The number of hydrogen-bond donors (Lipinski definition) is 1. The zero-order valence-electron chi connectivity index (χ0n) is 6.88. The molecule has 1 aromatic heterocycles. The molecular weight excluding hydrogens is 230 g/mol. The van der Waals surface area contributed by atoms with E-state index >= 15 is 0 Å². The predicted octanol–water partition coefficient (Wildman–Crippen LogP) is 1.12. The lowest BCUT2D eigenvalue weighted by Crippen LogP contribution is -1.98. The van der Waals surface area contributed by atoms with Crippen molar-refractivity contribution in [1.82, 2.24) is 9.97 Å². The third-order valence-corrected chi connectivity index (χ3v) is 2.49. The van der Waals surface area contributed by atoms with Gasteiger partial charge in [0, 0.05) is 5.75 Å². The van der Waals surface area contributed by atoms with Crippen LogP contribution in [-0.4, -0.2) is 32.4 Å². The van der Waals surface area contributed by atoms with E-state index in [0.717, 1.165) is 18.1 Å². The van der Waals surface area contributed by atoms with Crippen LogP contribution in [-0.2, 0) is 0 Å². The van der Waals surface area contributed by atoms with Crippen molar-refractivity contribution >= 4 is 29.1 Å². The van der Waals surface area contributed by atoms with Gasteiger partial charge in [0.25, 0.3) is 0 Å². The molecule has 0 aliphatic carbocycles. The summed E-state index contributed by atoms with van der Waals surface area (Å²) in [5.41, 5.74) is -0.312. The van der Waals surface area contributed by atoms with E-state index in [2.05, 4.69) is 9.97 Å². The highest BCUT2D eigenvalue weighted by atomic mass is 35.5. The number of hydrogen-bond acceptors (Lipinski definition) is 6. The van der Waals surface area contributed by atoms with E-state index in [1.807, 2.05) is 0 Å². The molecule has 0 spiro atoms. The second kappa shape index (κ2) is 5.08. The minimum atomic E-state index is -0.637. The molecule has 0 saturated carbocycles. The smallest absolute Gasteiger partial charge is 0.338 e. The maximum atomic E-state index is 10.6. The van der Waals surface area contributed by atoms with E-state index in [1.54, 1.807) is 0 Å². The highest BCUT2D eigenvalue weighted by Crippen LogP contribution is 2.31. The summed E-state index contributed by atoms with van der Waals surface area (Å²) in [6.07, 6.45) is 1.15. The molecule has 6 nitrogen and oxygen atoms in total. The number of aliphatic hydroxyl groups excluding tert-OH is 1. The fourth-order valence-corrected chi connectivity index (χ4v) is 1.72. The molecule has 0 aromatic carbocycles. The summed E-state index contributed by atoms with van der Waals surface area (Å²) in [5, 5.41) is 19.1. The standard InChI is InChI=1S/C6H6ClN3O3S/c7-5-4(10(12)13)6(9-3-8-5)14-2-1-11/h3,11H,1-2H2. The summed E-state index contributed by atoms with van der Waals surface area (Å²) >= 11 is 6.60. The number of nitrogens with zero attached hydrogens (tertiary/aromatic N) is 3. The van der Waals surface area contributed by atoms with Gasteiger partial charge in [0.05, 0.1) is 11.5 Å². The second-order valence-electron chi connectivity index (χ2n) is 2.15. The third kappa shape index (κ3) is 2.53. The molecule has 0 radical (unpaired) electrons. The van der Waals surface area contributed by atoms with Crippen molar-refractivity contribution in [3.05, 3.63) is 21.6 Å². The number of aromatic nitrogens is 2. The summed E-state index contributed by atoms with van der Waals surface area (Å²) < 4.78 is 0. The zero-order chi connectivity index (χ0) is 10.6.